The first-order chi connectivity index (χ1) is 11.2. The average Bonchev–Trinajstić information content (AvgIpc) is 2.83. The van der Waals surface area contributed by atoms with Crippen LogP contribution in [0.25, 0.3) is 0 Å². The molecular formula is C18H26N2O3. The summed E-state index contributed by atoms with van der Waals surface area (Å²) in [5, 5.41) is 10.5. The number of hydrogen-bond acceptors (Lipinski definition) is 4. The van der Waals surface area contributed by atoms with Gasteiger partial charge in [0.05, 0.1) is 13.2 Å². The van der Waals surface area contributed by atoms with E-state index in [4.69, 9.17) is 4.74 Å². The van der Waals surface area contributed by atoms with Crippen molar-refractivity contribution in [2.24, 2.45) is 0 Å². The van der Waals surface area contributed by atoms with E-state index in [-0.39, 0.29) is 5.91 Å². The molecule has 2 aliphatic heterocycles. The first-order valence-electron chi connectivity index (χ1n) is 8.55. The second-order valence-electron chi connectivity index (χ2n) is 6.46. The van der Waals surface area contributed by atoms with Crippen LogP contribution in [0.4, 0.5) is 5.69 Å². The third kappa shape index (κ3) is 3.61. The van der Waals surface area contributed by atoms with Gasteiger partial charge < -0.3 is 19.6 Å². The number of carbonyl (C=O) groups is 1. The third-order valence-electron chi connectivity index (χ3n) is 4.81. The second-order valence-corrected chi connectivity index (χ2v) is 6.46. The van der Waals surface area contributed by atoms with E-state index in [0.717, 1.165) is 50.2 Å². The number of hydrogen-bond donors (Lipinski definition) is 1. The molecule has 0 aromatic heterocycles. The van der Waals surface area contributed by atoms with Crippen LogP contribution in [0.3, 0.4) is 0 Å². The van der Waals surface area contributed by atoms with Gasteiger partial charge >= 0.3 is 0 Å². The summed E-state index contributed by atoms with van der Waals surface area (Å²) in [5.74, 6) is 1.10. The smallest absolute Gasteiger partial charge is 0.222 e. The van der Waals surface area contributed by atoms with Crippen LogP contribution in [0.1, 0.15) is 31.2 Å². The second kappa shape index (κ2) is 7.21. The standard InChI is InChI=1S/C18H26N2O3/c1-23-17-8-4-7-16-15(17)6-2-3-10-19(16)12-14(21)13-20-11-5-9-18(20)22/h4,7-8,14,21H,2-3,5-6,9-13H2,1H3. The molecule has 1 saturated heterocycles. The number of methoxy groups -OCH3 is 1. The van der Waals surface area contributed by atoms with E-state index in [1.54, 1.807) is 12.0 Å². The van der Waals surface area contributed by atoms with Gasteiger partial charge in [-0.15, -0.1) is 0 Å². The highest BCUT2D eigenvalue weighted by molar-refractivity contribution is 5.78. The van der Waals surface area contributed by atoms with Crippen molar-refractivity contribution in [3.8, 4) is 5.75 Å². The normalized spacial score (nSPS) is 19.5. The minimum atomic E-state index is -0.519. The molecule has 126 valence electrons. The number of aliphatic hydroxyl groups excluding tert-OH is 1. The molecule has 2 aliphatic rings. The number of anilines is 1. The van der Waals surface area contributed by atoms with Gasteiger partial charge in [0.1, 0.15) is 5.75 Å². The number of fused-ring (bicyclic) bond motifs is 1. The minimum absolute atomic E-state index is 0.169. The van der Waals surface area contributed by atoms with Gasteiger partial charge in [0.2, 0.25) is 5.91 Å². The molecule has 5 nitrogen and oxygen atoms in total. The Hall–Kier alpha value is -1.75. The number of β-amino-alcohol motifs (C(OH)–C–C–N with tert-alkyl or cyclic N) is 1. The Labute approximate surface area is 137 Å². The van der Waals surface area contributed by atoms with Gasteiger partial charge in [-0.2, -0.15) is 0 Å². The molecule has 0 spiro atoms. The molecule has 0 bridgehead atoms. The maximum atomic E-state index is 11.7. The van der Waals surface area contributed by atoms with E-state index in [2.05, 4.69) is 11.0 Å². The maximum Gasteiger partial charge on any atom is 0.222 e. The molecule has 1 N–H and O–H groups in total. The van der Waals surface area contributed by atoms with Crippen LogP contribution >= 0.6 is 0 Å². The van der Waals surface area contributed by atoms with E-state index in [1.165, 1.54) is 5.56 Å². The number of aliphatic hydroxyl groups is 1. The highest BCUT2D eigenvalue weighted by atomic mass is 16.5. The fourth-order valence-electron chi connectivity index (χ4n) is 3.67. The maximum absolute atomic E-state index is 11.7. The van der Waals surface area contributed by atoms with Crippen LogP contribution in [0.2, 0.25) is 0 Å². The summed E-state index contributed by atoms with van der Waals surface area (Å²) in [4.78, 5) is 15.8. The van der Waals surface area contributed by atoms with E-state index in [9.17, 15) is 9.90 Å². The topological polar surface area (TPSA) is 53.0 Å². The third-order valence-corrected chi connectivity index (χ3v) is 4.81. The van der Waals surface area contributed by atoms with Crippen LogP contribution in [-0.4, -0.2) is 55.3 Å². The fraction of sp³-hybridized carbons (Fsp3) is 0.611. The zero-order chi connectivity index (χ0) is 16.2. The first kappa shape index (κ1) is 16.1. The highest BCUT2D eigenvalue weighted by Gasteiger charge is 2.25. The molecule has 1 atom stereocenters. The summed E-state index contributed by atoms with van der Waals surface area (Å²) >= 11 is 0. The van der Waals surface area contributed by atoms with Crippen LogP contribution in [0.15, 0.2) is 18.2 Å². The van der Waals surface area contributed by atoms with Crippen molar-refractivity contribution >= 4 is 11.6 Å². The number of amides is 1. The van der Waals surface area contributed by atoms with Crippen molar-refractivity contribution in [2.45, 2.75) is 38.2 Å². The highest BCUT2D eigenvalue weighted by Crippen LogP contribution is 2.33. The van der Waals surface area contributed by atoms with E-state index < -0.39 is 6.10 Å². The largest absolute Gasteiger partial charge is 0.496 e. The summed E-state index contributed by atoms with van der Waals surface area (Å²) in [6, 6.07) is 6.12. The van der Waals surface area contributed by atoms with Gasteiger partial charge in [-0.05, 0) is 37.8 Å². The van der Waals surface area contributed by atoms with Crippen molar-refractivity contribution in [3.05, 3.63) is 23.8 Å². The van der Waals surface area contributed by atoms with Crippen molar-refractivity contribution in [1.82, 2.24) is 4.90 Å². The van der Waals surface area contributed by atoms with Crippen LogP contribution in [0, 0.1) is 0 Å². The van der Waals surface area contributed by atoms with Crippen molar-refractivity contribution in [1.29, 1.82) is 0 Å². The lowest BCUT2D eigenvalue weighted by molar-refractivity contribution is -0.128. The number of benzene rings is 1. The van der Waals surface area contributed by atoms with Gasteiger partial charge in [0, 0.05) is 43.9 Å². The van der Waals surface area contributed by atoms with Gasteiger partial charge in [-0.25, -0.2) is 0 Å². The SMILES string of the molecule is COc1cccc2c1CCCCN2CC(O)CN1CCCC1=O. The zero-order valence-corrected chi connectivity index (χ0v) is 13.8. The Kier molecular flexibility index (Phi) is 5.06. The van der Waals surface area contributed by atoms with Gasteiger partial charge in [-0.1, -0.05) is 6.07 Å². The Balaban J connectivity index is 1.71. The predicted octanol–water partition coefficient (Wildman–Crippen LogP) is 1.82. The fourth-order valence-corrected chi connectivity index (χ4v) is 3.67. The molecule has 5 heteroatoms. The summed E-state index contributed by atoms with van der Waals surface area (Å²) in [7, 11) is 1.71. The Morgan fingerprint density at radius 1 is 1.13 bits per heavy atom. The average molecular weight is 318 g/mol. The van der Waals surface area contributed by atoms with Crippen LogP contribution in [0.5, 0.6) is 5.75 Å². The number of carbonyl (C=O) groups excluding carboxylic acids is 1. The number of ether oxygens (including phenoxy) is 1. The molecule has 23 heavy (non-hydrogen) atoms. The Morgan fingerprint density at radius 2 is 1.91 bits per heavy atom. The molecule has 2 heterocycles. The van der Waals surface area contributed by atoms with Gasteiger partial charge in [-0.3, -0.25) is 4.79 Å². The lowest BCUT2D eigenvalue weighted by Gasteiger charge is -2.29. The molecule has 1 unspecified atom stereocenters. The molecular weight excluding hydrogens is 292 g/mol. The molecule has 0 saturated carbocycles. The summed E-state index contributed by atoms with van der Waals surface area (Å²) in [5.41, 5.74) is 2.39. The molecule has 1 fully saturated rings. The van der Waals surface area contributed by atoms with Crippen LogP contribution in [-0.2, 0) is 11.2 Å². The van der Waals surface area contributed by atoms with Crippen molar-refractivity contribution in [2.75, 3.05) is 38.2 Å². The predicted molar refractivity (Wildman–Crippen MR) is 90.0 cm³/mol. The van der Waals surface area contributed by atoms with Gasteiger partial charge in [0.15, 0.2) is 0 Å². The van der Waals surface area contributed by atoms with E-state index >= 15 is 0 Å². The molecule has 1 aromatic rings. The quantitative estimate of drug-likeness (QED) is 0.900. The zero-order valence-electron chi connectivity index (χ0n) is 13.8. The minimum Gasteiger partial charge on any atom is -0.496 e. The number of nitrogens with zero attached hydrogens (tertiary/aromatic N) is 2. The molecule has 3 rings (SSSR count). The van der Waals surface area contributed by atoms with Crippen molar-refractivity contribution < 1.29 is 14.6 Å². The molecule has 0 aliphatic carbocycles. The van der Waals surface area contributed by atoms with Gasteiger partial charge in [0.25, 0.3) is 0 Å². The Morgan fingerprint density at radius 3 is 2.65 bits per heavy atom. The monoisotopic (exact) mass is 318 g/mol. The van der Waals surface area contributed by atoms with E-state index in [0.29, 0.717) is 19.5 Å². The lowest BCUT2D eigenvalue weighted by atomic mass is 10.1. The summed E-state index contributed by atoms with van der Waals surface area (Å²) in [6.45, 7) is 2.71. The molecule has 0 radical (unpaired) electrons. The summed E-state index contributed by atoms with van der Waals surface area (Å²) in [6.07, 6.45) is 4.26. The lowest BCUT2D eigenvalue weighted by Crippen LogP contribution is -2.41. The van der Waals surface area contributed by atoms with E-state index in [1.807, 2.05) is 12.1 Å². The van der Waals surface area contributed by atoms with Crippen molar-refractivity contribution in [3.63, 3.8) is 0 Å². The Bertz CT molecular complexity index is 561. The van der Waals surface area contributed by atoms with Crippen LogP contribution < -0.4 is 9.64 Å². The molecule has 1 amide bonds. The first-order valence-corrected chi connectivity index (χ1v) is 8.55. The molecule has 1 aromatic carbocycles. The summed E-state index contributed by atoms with van der Waals surface area (Å²) < 4.78 is 5.50. The number of likely N-dealkylation sites (tertiary alicyclic amines) is 1. The number of rotatable bonds is 5.